The molecule has 0 amide bonds. The van der Waals surface area contributed by atoms with E-state index in [0.717, 1.165) is 12.8 Å². The molecule has 0 unspecified atom stereocenters. The second kappa shape index (κ2) is 5.23. The Hall–Kier alpha value is -1.62. The third kappa shape index (κ3) is 2.47. The van der Waals surface area contributed by atoms with Gasteiger partial charge < -0.3 is 14.2 Å². The highest BCUT2D eigenvalue weighted by atomic mass is 16.7. The van der Waals surface area contributed by atoms with Gasteiger partial charge in [-0.25, -0.2) is 4.79 Å². The monoisotopic (exact) mass is 306 g/mol. The molecule has 5 atom stereocenters. The largest absolute Gasteiger partial charge is 0.459 e. The van der Waals surface area contributed by atoms with Crippen molar-refractivity contribution in [3.05, 3.63) is 23.8 Å². The van der Waals surface area contributed by atoms with Gasteiger partial charge in [-0.2, -0.15) is 0 Å². The van der Waals surface area contributed by atoms with E-state index in [1.807, 2.05) is 6.92 Å². The molecule has 2 aliphatic heterocycles. The van der Waals surface area contributed by atoms with E-state index in [1.165, 1.54) is 12.5 Å². The number of esters is 2. The predicted octanol–water partition coefficient (Wildman–Crippen LogP) is 2.30. The molecular formula is C17H22O5. The van der Waals surface area contributed by atoms with Crippen molar-refractivity contribution >= 4 is 11.9 Å². The van der Waals surface area contributed by atoms with Gasteiger partial charge in [0.2, 0.25) is 0 Å². The van der Waals surface area contributed by atoms with Crippen LogP contribution in [0.1, 0.15) is 40.0 Å². The second-order valence-corrected chi connectivity index (χ2v) is 6.65. The van der Waals surface area contributed by atoms with Crippen molar-refractivity contribution in [2.24, 2.45) is 5.92 Å². The Labute approximate surface area is 130 Å². The Morgan fingerprint density at radius 2 is 2.23 bits per heavy atom. The molecule has 2 saturated heterocycles. The summed E-state index contributed by atoms with van der Waals surface area (Å²) in [4.78, 5) is 23.3. The maximum atomic E-state index is 11.9. The number of rotatable bonds is 1. The van der Waals surface area contributed by atoms with E-state index in [0.29, 0.717) is 12.0 Å². The van der Waals surface area contributed by atoms with Crippen LogP contribution in [0.2, 0.25) is 0 Å². The number of carbonyl (C=O) groups is 2. The van der Waals surface area contributed by atoms with Crippen LogP contribution >= 0.6 is 0 Å². The van der Waals surface area contributed by atoms with Crippen LogP contribution in [0, 0.1) is 5.92 Å². The van der Waals surface area contributed by atoms with E-state index < -0.39 is 5.60 Å². The van der Waals surface area contributed by atoms with Gasteiger partial charge in [0.1, 0.15) is 23.9 Å². The second-order valence-electron chi connectivity index (χ2n) is 6.65. The first-order chi connectivity index (χ1) is 10.3. The van der Waals surface area contributed by atoms with Gasteiger partial charge in [-0.05, 0) is 26.7 Å². The quantitative estimate of drug-likeness (QED) is 0.322. The smallest absolute Gasteiger partial charge is 0.334 e. The van der Waals surface area contributed by atoms with Crippen LogP contribution in [-0.4, -0.2) is 35.9 Å². The zero-order chi connectivity index (χ0) is 16.1. The summed E-state index contributed by atoms with van der Waals surface area (Å²) in [5.74, 6) is -0.690. The number of allylic oxidation sites excluding steroid dienone is 1. The molecule has 2 fully saturated rings. The lowest BCUT2D eigenvalue weighted by Crippen LogP contribution is -2.38. The van der Waals surface area contributed by atoms with E-state index >= 15 is 0 Å². The van der Waals surface area contributed by atoms with Gasteiger partial charge in [0.05, 0.1) is 0 Å². The minimum absolute atomic E-state index is 0.0289. The first-order valence-corrected chi connectivity index (χ1v) is 7.73. The number of hydrogen-bond donors (Lipinski definition) is 0. The molecule has 1 aliphatic carbocycles. The van der Waals surface area contributed by atoms with Crippen molar-refractivity contribution in [3.63, 3.8) is 0 Å². The maximum Gasteiger partial charge on any atom is 0.334 e. The van der Waals surface area contributed by atoms with Gasteiger partial charge >= 0.3 is 11.9 Å². The van der Waals surface area contributed by atoms with Crippen LogP contribution in [0.25, 0.3) is 0 Å². The number of epoxide rings is 1. The van der Waals surface area contributed by atoms with E-state index in [1.54, 1.807) is 0 Å². The molecule has 0 spiro atoms. The number of ether oxygens (including phenoxy) is 3. The normalized spacial score (nSPS) is 43.3. The van der Waals surface area contributed by atoms with Crippen molar-refractivity contribution in [3.8, 4) is 0 Å². The van der Waals surface area contributed by atoms with Crippen molar-refractivity contribution in [1.82, 2.24) is 0 Å². The molecular weight excluding hydrogens is 284 g/mol. The molecule has 5 nitrogen and oxygen atoms in total. The fraction of sp³-hybridized carbons (Fsp3) is 0.647. The summed E-state index contributed by atoms with van der Waals surface area (Å²) in [5, 5.41) is 0. The molecule has 0 radical (unpaired) electrons. The lowest BCUT2D eigenvalue weighted by molar-refractivity contribution is -0.149. The fourth-order valence-electron chi connectivity index (χ4n) is 3.53. The van der Waals surface area contributed by atoms with Gasteiger partial charge in [0, 0.05) is 24.8 Å². The van der Waals surface area contributed by atoms with Crippen molar-refractivity contribution in [2.75, 3.05) is 0 Å². The summed E-state index contributed by atoms with van der Waals surface area (Å²) in [7, 11) is 0. The Morgan fingerprint density at radius 3 is 2.91 bits per heavy atom. The van der Waals surface area contributed by atoms with Gasteiger partial charge in [-0.3, -0.25) is 4.79 Å². The topological polar surface area (TPSA) is 65.1 Å². The molecule has 2 heterocycles. The number of carbonyl (C=O) groups excluding carboxylic acids is 2. The molecule has 0 aromatic rings. The average molecular weight is 306 g/mol. The van der Waals surface area contributed by atoms with Crippen LogP contribution in [0.4, 0.5) is 0 Å². The minimum Gasteiger partial charge on any atom is -0.459 e. The SMILES string of the molecule is C=C1C(=O)O[C@H]2[C@H]1CC/C(C)=C/C[C@H](OC(C)=O)[C@@]1(C)O[C@@H]21. The lowest BCUT2D eigenvalue weighted by atomic mass is 9.83. The van der Waals surface area contributed by atoms with Gasteiger partial charge in [-0.1, -0.05) is 18.2 Å². The lowest BCUT2D eigenvalue weighted by Gasteiger charge is -2.24. The molecule has 5 heteroatoms. The van der Waals surface area contributed by atoms with Crippen molar-refractivity contribution in [1.29, 1.82) is 0 Å². The van der Waals surface area contributed by atoms with Crippen LogP contribution in [0.3, 0.4) is 0 Å². The molecule has 0 aromatic heterocycles. The first kappa shape index (κ1) is 15.3. The highest BCUT2D eigenvalue weighted by Crippen LogP contribution is 2.50. The molecule has 0 N–H and O–H groups in total. The Kier molecular flexibility index (Phi) is 3.63. The van der Waals surface area contributed by atoms with Crippen LogP contribution in [0.15, 0.2) is 23.8 Å². The van der Waals surface area contributed by atoms with Crippen LogP contribution in [-0.2, 0) is 23.8 Å². The Morgan fingerprint density at radius 1 is 1.50 bits per heavy atom. The summed E-state index contributed by atoms with van der Waals surface area (Å²) in [6.07, 6.45) is 3.48. The first-order valence-electron chi connectivity index (χ1n) is 7.73. The minimum atomic E-state index is -0.604. The summed E-state index contributed by atoms with van der Waals surface area (Å²) in [6, 6.07) is 0. The zero-order valence-corrected chi connectivity index (χ0v) is 13.3. The Bertz CT molecular complexity index is 563. The van der Waals surface area contributed by atoms with Gasteiger partial charge in [0.25, 0.3) is 0 Å². The highest BCUT2D eigenvalue weighted by molar-refractivity contribution is 5.91. The summed E-state index contributed by atoms with van der Waals surface area (Å²) >= 11 is 0. The van der Waals surface area contributed by atoms with E-state index in [9.17, 15) is 9.59 Å². The number of hydrogen-bond acceptors (Lipinski definition) is 5. The molecule has 0 aromatic carbocycles. The van der Waals surface area contributed by atoms with Crippen LogP contribution < -0.4 is 0 Å². The predicted molar refractivity (Wildman–Crippen MR) is 79.0 cm³/mol. The molecule has 3 rings (SSSR count). The zero-order valence-electron chi connectivity index (χ0n) is 13.3. The fourth-order valence-corrected chi connectivity index (χ4v) is 3.53. The maximum absolute atomic E-state index is 11.9. The highest BCUT2D eigenvalue weighted by Gasteiger charge is 2.66. The molecule has 0 bridgehead atoms. The molecule has 3 aliphatic rings. The summed E-state index contributed by atoms with van der Waals surface area (Å²) in [6.45, 7) is 9.25. The average Bonchev–Trinajstić information content (AvgIpc) is 3.05. The third-order valence-electron chi connectivity index (χ3n) is 5.01. The molecule has 0 saturated carbocycles. The van der Waals surface area contributed by atoms with Gasteiger partial charge in [-0.15, -0.1) is 0 Å². The van der Waals surface area contributed by atoms with Crippen molar-refractivity contribution < 1.29 is 23.8 Å². The molecule has 22 heavy (non-hydrogen) atoms. The van der Waals surface area contributed by atoms with E-state index in [4.69, 9.17) is 14.2 Å². The summed E-state index contributed by atoms with van der Waals surface area (Å²) < 4.78 is 16.8. The van der Waals surface area contributed by atoms with E-state index in [-0.39, 0.29) is 36.2 Å². The molecule has 120 valence electrons. The van der Waals surface area contributed by atoms with E-state index in [2.05, 4.69) is 19.6 Å². The standard InChI is InChI=1S/C17H22O5/c1-9-5-7-12-10(2)16(19)21-14(12)15-17(4,22-15)13(8-6-9)20-11(3)18/h6,12-15H,2,5,7-8H2,1,3-4H3/b9-6+/t12-,13-,14-,15-,17+/m0/s1. The summed E-state index contributed by atoms with van der Waals surface area (Å²) in [5.41, 5.74) is 1.14. The third-order valence-corrected chi connectivity index (χ3v) is 5.01. The Balaban J connectivity index is 1.90. The van der Waals surface area contributed by atoms with Gasteiger partial charge in [0.15, 0.2) is 0 Å². The van der Waals surface area contributed by atoms with Crippen molar-refractivity contribution in [2.45, 2.75) is 63.9 Å². The van der Waals surface area contributed by atoms with Crippen LogP contribution in [0.5, 0.6) is 0 Å². The number of fused-ring (bicyclic) bond motifs is 3.